The Morgan fingerprint density at radius 3 is 2.53 bits per heavy atom. The summed E-state index contributed by atoms with van der Waals surface area (Å²) in [6.45, 7) is 12.3. The lowest BCUT2D eigenvalue weighted by Gasteiger charge is -2.45. The number of aromatic nitrogens is 2. The SMILES string of the molecule is C[C@@H]1CN(c2nc(=O)n3c4c(c(-c5cc(Cl)c(F)cc5F)c(Cl)cc24)SC[C@@H]3CN2C[C@@H]3C[C@H]2CO3)[C@@H](C)CN1C(=O)OC(C)(C)C. The third kappa shape index (κ3) is 5.88. The van der Waals surface area contributed by atoms with Crippen LogP contribution >= 0.6 is 35.0 Å². The fraction of sp³-hybridized carbons (Fsp3) is 0.545. The minimum absolute atomic E-state index is 0.0589. The minimum atomic E-state index is -0.868. The first-order valence-corrected chi connectivity index (χ1v) is 17.6. The Morgan fingerprint density at radius 1 is 1.09 bits per heavy atom. The maximum Gasteiger partial charge on any atom is 0.410 e. The van der Waals surface area contributed by atoms with Crippen LogP contribution in [-0.4, -0.2) is 93.8 Å². The van der Waals surface area contributed by atoms with Crippen LogP contribution in [0.1, 0.15) is 47.1 Å². The van der Waals surface area contributed by atoms with Crippen molar-refractivity contribution in [1.29, 1.82) is 0 Å². The topological polar surface area (TPSA) is 80.1 Å². The molecule has 5 atom stereocenters. The summed E-state index contributed by atoms with van der Waals surface area (Å²) in [5.74, 6) is -0.688. The summed E-state index contributed by atoms with van der Waals surface area (Å²) in [6.07, 6.45) is 0.794. The number of amides is 1. The number of likely N-dealkylation sites (tertiary alicyclic amines) is 1. The molecular weight excluding hydrogens is 671 g/mol. The zero-order valence-corrected chi connectivity index (χ0v) is 29.2. The third-order valence-corrected chi connectivity index (χ3v) is 11.3. The molecule has 2 bridgehead atoms. The number of carbonyl (C=O) groups excluding carboxylic acids is 1. The third-order valence-electron chi connectivity index (χ3n) is 9.51. The highest BCUT2D eigenvalue weighted by Crippen LogP contribution is 2.49. The predicted octanol–water partition coefficient (Wildman–Crippen LogP) is 6.60. The molecule has 4 aliphatic rings. The monoisotopic (exact) mass is 707 g/mol. The number of rotatable bonds is 4. The normalized spacial score (nSPS) is 26.0. The second-order valence-corrected chi connectivity index (χ2v) is 15.9. The zero-order valence-electron chi connectivity index (χ0n) is 26.9. The molecule has 14 heteroatoms. The smallest absolute Gasteiger partial charge is 0.410 e. The Morgan fingerprint density at radius 2 is 1.85 bits per heavy atom. The highest BCUT2D eigenvalue weighted by molar-refractivity contribution is 7.99. The van der Waals surface area contributed by atoms with Gasteiger partial charge in [-0.05, 0) is 53.2 Å². The molecule has 4 aliphatic heterocycles. The summed E-state index contributed by atoms with van der Waals surface area (Å²) in [5.41, 5.74) is -0.0292. The lowest BCUT2D eigenvalue weighted by Crippen LogP contribution is -2.59. The van der Waals surface area contributed by atoms with Crippen molar-refractivity contribution in [3.8, 4) is 11.1 Å². The van der Waals surface area contributed by atoms with Gasteiger partial charge in [0.25, 0.3) is 0 Å². The van der Waals surface area contributed by atoms with E-state index in [9.17, 15) is 14.0 Å². The van der Waals surface area contributed by atoms with Gasteiger partial charge in [-0.2, -0.15) is 4.98 Å². The quantitative estimate of drug-likeness (QED) is 0.281. The molecule has 3 aromatic rings. The van der Waals surface area contributed by atoms with E-state index < -0.39 is 29.0 Å². The molecule has 9 nitrogen and oxygen atoms in total. The van der Waals surface area contributed by atoms with E-state index >= 15 is 4.39 Å². The largest absolute Gasteiger partial charge is 0.444 e. The molecule has 0 spiro atoms. The zero-order chi connectivity index (χ0) is 33.5. The number of hydrogen-bond acceptors (Lipinski definition) is 8. The van der Waals surface area contributed by atoms with Gasteiger partial charge in [-0.1, -0.05) is 23.2 Å². The average Bonchev–Trinajstić information content (AvgIpc) is 3.61. The molecule has 0 N–H and O–H groups in total. The molecule has 5 heterocycles. The summed E-state index contributed by atoms with van der Waals surface area (Å²) < 4.78 is 42.8. The maximum absolute atomic E-state index is 15.4. The molecule has 1 amide bonds. The first-order chi connectivity index (χ1) is 22.2. The predicted molar refractivity (Wildman–Crippen MR) is 180 cm³/mol. The molecule has 0 saturated carbocycles. The van der Waals surface area contributed by atoms with Gasteiger partial charge >= 0.3 is 11.8 Å². The van der Waals surface area contributed by atoms with Gasteiger partial charge in [0.1, 0.15) is 23.1 Å². The fourth-order valence-electron chi connectivity index (χ4n) is 7.35. The molecule has 3 fully saturated rings. The van der Waals surface area contributed by atoms with Crippen LogP contribution < -0.4 is 10.6 Å². The molecule has 7 rings (SSSR count). The van der Waals surface area contributed by atoms with Crippen molar-refractivity contribution in [3.63, 3.8) is 0 Å². The Hall–Kier alpha value is -2.64. The molecule has 2 aromatic carbocycles. The number of nitrogens with zero attached hydrogens (tertiary/aromatic N) is 5. The Kier molecular flexibility index (Phi) is 8.43. The van der Waals surface area contributed by atoms with Gasteiger partial charge in [0.05, 0.1) is 34.3 Å². The number of benzene rings is 2. The summed E-state index contributed by atoms with van der Waals surface area (Å²) in [6, 6.07) is 3.36. The number of hydrogen-bond donors (Lipinski definition) is 0. The Labute approximate surface area is 286 Å². The molecule has 47 heavy (non-hydrogen) atoms. The van der Waals surface area contributed by atoms with E-state index in [4.69, 9.17) is 32.7 Å². The van der Waals surface area contributed by atoms with E-state index in [-0.39, 0.29) is 39.8 Å². The van der Waals surface area contributed by atoms with Crippen LogP contribution in [0.3, 0.4) is 0 Å². The van der Waals surface area contributed by atoms with Crippen molar-refractivity contribution in [2.75, 3.05) is 43.4 Å². The number of fused-ring (bicyclic) bond motifs is 2. The van der Waals surface area contributed by atoms with Crippen molar-refractivity contribution >= 4 is 57.8 Å². The standard InChI is InChI=1S/C33H37Cl2F2N5O4S/c1-16-11-41(32(44)46-33(3,4)5)17(2)10-40(16)30-22-8-24(35)27(21-7-23(34)26(37)9-25(21)36)29-28(22)42(31(43)38-30)19(15-47-29)12-39-13-20-6-18(39)14-45-20/h7-9,16-20H,6,10-15H2,1-5H3/t16-,17+,18-,19-,20-/m0/s1. The minimum Gasteiger partial charge on any atom is -0.444 e. The van der Waals surface area contributed by atoms with Crippen LogP contribution in [0.4, 0.5) is 19.4 Å². The molecule has 1 aromatic heterocycles. The van der Waals surface area contributed by atoms with Crippen molar-refractivity contribution < 1.29 is 23.0 Å². The molecule has 252 valence electrons. The first-order valence-electron chi connectivity index (χ1n) is 15.9. The second-order valence-electron chi connectivity index (χ2n) is 14.0. The van der Waals surface area contributed by atoms with Crippen molar-refractivity contribution in [2.24, 2.45) is 0 Å². The van der Waals surface area contributed by atoms with Crippen molar-refractivity contribution in [3.05, 3.63) is 50.4 Å². The molecule has 3 saturated heterocycles. The van der Waals surface area contributed by atoms with Crippen molar-refractivity contribution in [2.45, 2.75) is 81.8 Å². The Bertz CT molecular complexity index is 1840. The molecule has 0 radical (unpaired) electrons. The van der Waals surface area contributed by atoms with Gasteiger partial charge in [0.2, 0.25) is 0 Å². The van der Waals surface area contributed by atoms with E-state index in [0.717, 1.165) is 19.0 Å². The summed E-state index contributed by atoms with van der Waals surface area (Å²) in [5, 5.41) is 0.652. The Balaban J connectivity index is 1.36. The molecule has 0 aliphatic carbocycles. The van der Waals surface area contributed by atoms with E-state index in [0.29, 0.717) is 65.2 Å². The van der Waals surface area contributed by atoms with Crippen molar-refractivity contribution in [1.82, 2.24) is 19.4 Å². The van der Waals surface area contributed by atoms with Crippen LogP contribution in [0.25, 0.3) is 22.0 Å². The van der Waals surface area contributed by atoms with E-state index in [1.165, 1.54) is 17.8 Å². The maximum atomic E-state index is 15.4. The molecular formula is C33H37Cl2F2N5O4S. The van der Waals surface area contributed by atoms with E-state index in [1.54, 1.807) is 15.5 Å². The number of anilines is 1. The van der Waals surface area contributed by atoms with Gasteiger partial charge in [-0.25, -0.2) is 18.4 Å². The summed E-state index contributed by atoms with van der Waals surface area (Å²) in [4.78, 5) is 38.7. The number of piperazine rings is 1. The number of halogens is 4. The van der Waals surface area contributed by atoms with Gasteiger partial charge in [-0.3, -0.25) is 9.47 Å². The lowest BCUT2D eigenvalue weighted by atomic mass is 10.0. The van der Waals surface area contributed by atoms with Crippen LogP contribution in [0.2, 0.25) is 10.0 Å². The van der Waals surface area contributed by atoms with Gasteiger partial charge in [0, 0.05) is 77.5 Å². The van der Waals surface area contributed by atoms with Crippen LogP contribution in [0.15, 0.2) is 27.9 Å². The first kappa shape index (κ1) is 32.9. The average molecular weight is 709 g/mol. The molecule has 0 unspecified atom stereocenters. The number of carbonyl (C=O) groups is 1. The number of ether oxygens (including phenoxy) is 2. The van der Waals surface area contributed by atoms with Gasteiger partial charge < -0.3 is 19.3 Å². The van der Waals surface area contributed by atoms with Gasteiger partial charge in [0.15, 0.2) is 0 Å². The fourth-order valence-corrected chi connectivity index (χ4v) is 9.20. The van der Waals surface area contributed by atoms with E-state index in [1.807, 2.05) is 39.5 Å². The number of morpholine rings is 1. The van der Waals surface area contributed by atoms with Gasteiger partial charge in [-0.15, -0.1) is 11.8 Å². The summed E-state index contributed by atoms with van der Waals surface area (Å²) in [7, 11) is 0. The van der Waals surface area contributed by atoms with E-state index in [2.05, 4.69) is 9.88 Å². The highest BCUT2D eigenvalue weighted by Gasteiger charge is 2.42. The highest BCUT2D eigenvalue weighted by atomic mass is 35.5. The lowest BCUT2D eigenvalue weighted by molar-refractivity contribution is 0.0130. The summed E-state index contributed by atoms with van der Waals surface area (Å²) >= 11 is 14.6. The van der Waals surface area contributed by atoms with Crippen LogP contribution in [0, 0.1) is 11.6 Å². The van der Waals surface area contributed by atoms with Crippen LogP contribution in [-0.2, 0) is 9.47 Å². The van der Waals surface area contributed by atoms with Crippen LogP contribution in [0.5, 0.6) is 0 Å². The number of thioether (sulfide) groups is 1. The second kappa shape index (κ2) is 12.0.